The van der Waals surface area contributed by atoms with Crippen LogP contribution in [-0.2, 0) is 16.1 Å². The number of ether oxygens (including phenoxy) is 1. The number of rotatable bonds is 4. The van der Waals surface area contributed by atoms with Crippen LogP contribution in [0, 0.1) is 5.82 Å². The number of fused-ring (bicyclic) bond motifs is 1. The van der Waals surface area contributed by atoms with Gasteiger partial charge in [0.05, 0.1) is 12.1 Å². The van der Waals surface area contributed by atoms with Gasteiger partial charge in [-0.05, 0) is 42.8 Å². The third kappa shape index (κ3) is 3.22. The standard InChI is InChI=1S/C18H18FN3O2/c1-11(24-12(2)23)18-16-9-14(19)5-8-17(16)22(21-18)10-13-3-6-15(20)7-4-13/h3-9,11H,10,20H2,1-2H3. The summed E-state index contributed by atoms with van der Waals surface area (Å²) < 4.78 is 20.6. The highest BCUT2D eigenvalue weighted by molar-refractivity contribution is 5.83. The van der Waals surface area contributed by atoms with Crippen LogP contribution in [0.3, 0.4) is 0 Å². The molecule has 0 aliphatic rings. The van der Waals surface area contributed by atoms with E-state index in [1.807, 2.05) is 24.3 Å². The molecule has 5 nitrogen and oxygen atoms in total. The second-order valence-corrected chi connectivity index (χ2v) is 5.70. The van der Waals surface area contributed by atoms with Crippen molar-refractivity contribution in [3.63, 3.8) is 0 Å². The number of carbonyl (C=O) groups excluding carboxylic acids is 1. The van der Waals surface area contributed by atoms with E-state index in [1.54, 1.807) is 17.7 Å². The van der Waals surface area contributed by atoms with E-state index in [-0.39, 0.29) is 5.82 Å². The van der Waals surface area contributed by atoms with Crippen LogP contribution >= 0.6 is 0 Å². The Kier molecular flexibility index (Phi) is 4.20. The van der Waals surface area contributed by atoms with Crippen LogP contribution in [0.25, 0.3) is 10.9 Å². The SMILES string of the molecule is CC(=O)OC(C)c1nn(Cc2ccc(N)cc2)c2ccc(F)cc12. The highest BCUT2D eigenvalue weighted by Gasteiger charge is 2.19. The predicted molar refractivity (Wildman–Crippen MR) is 89.8 cm³/mol. The third-order valence-electron chi connectivity index (χ3n) is 3.78. The molecule has 0 saturated heterocycles. The molecular weight excluding hydrogens is 309 g/mol. The van der Waals surface area contributed by atoms with Gasteiger partial charge in [-0.2, -0.15) is 5.10 Å². The highest BCUT2D eigenvalue weighted by Crippen LogP contribution is 2.27. The van der Waals surface area contributed by atoms with Crippen molar-refractivity contribution in [2.45, 2.75) is 26.5 Å². The molecule has 2 N–H and O–H groups in total. The van der Waals surface area contributed by atoms with Crippen molar-refractivity contribution in [3.05, 3.63) is 59.5 Å². The molecule has 24 heavy (non-hydrogen) atoms. The Morgan fingerprint density at radius 3 is 2.67 bits per heavy atom. The molecule has 0 fully saturated rings. The molecule has 3 aromatic rings. The van der Waals surface area contributed by atoms with Crippen LogP contribution in [0.5, 0.6) is 0 Å². The van der Waals surface area contributed by atoms with Gasteiger partial charge in [-0.25, -0.2) is 4.39 Å². The average molecular weight is 327 g/mol. The topological polar surface area (TPSA) is 70.1 Å². The molecule has 0 saturated carbocycles. The largest absolute Gasteiger partial charge is 0.456 e. The van der Waals surface area contributed by atoms with Gasteiger partial charge in [0.25, 0.3) is 0 Å². The summed E-state index contributed by atoms with van der Waals surface area (Å²) in [4.78, 5) is 11.2. The van der Waals surface area contributed by atoms with E-state index in [0.717, 1.165) is 11.1 Å². The van der Waals surface area contributed by atoms with Crippen LogP contribution < -0.4 is 5.73 Å². The molecule has 1 heterocycles. The zero-order chi connectivity index (χ0) is 17.3. The predicted octanol–water partition coefficient (Wildman–Crippen LogP) is 3.43. The number of nitrogens with zero attached hydrogens (tertiary/aromatic N) is 2. The van der Waals surface area contributed by atoms with E-state index in [2.05, 4.69) is 5.10 Å². The van der Waals surface area contributed by atoms with Gasteiger partial charge < -0.3 is 10.5 Å². The molecule has 0 aliphatic heterocycles. The summed E-state index contributed by atoms with van der Waals surface area (Å²) in [7, 11) is 0. The van der Waals surface area contributed by atoms with Crippen molar-refractivity contribution in [1.82, 2.24) is 9.78 Å². The van der Waals surface area contributed by atoms with E-state index in [1.165, 1.54) is 19.1 Å². The van der Waals surface area contributed by atoms with E-state index in [9.17, 15) is 9.18 Å². The van der Waals surface area contributed by atoms with Gasteiger partial charge in [-0.3, -0.25) is 9.48 Å². The first kappa shape index (κ1) is 16.0. The fraction of sp³-hybridized carbons (Fsp3) is 0.222. The lowest BCUT2D eigenvalue weighted by Gasteiger charge is -2.09. The molecule has 6 heteroatoms. The molecule has 3 rings (SSSR count). The fourth-order valence-corrected chi connectivity index (χ4v) is 2.70. The monoisotopic (exact) mass is 327 g/mol. The van der Waals surface area contributed by atoms with Crippen molar-refractivity contribution in [1.29, 1.82) is 0 Å². The Morgan fingerprint density at radius 2 is 2.00 bits per heavy atom. The Bertz CT molecular complexity index is 887. The number of carbonyl (C=O) groups is 1. The van der Waals surface area contributed by atoms with Gasteiger partial charge in [0, 0.05) is 18.0 Å². The lowest BCUT2D eigenvalue weighted by atomic mass is 10.1. The van der Waals surface area contributed by atoms with Crippen LogP contribution in [-0.4, -0.2) is 15.7 Å². The number of halogens is 1. The lowest BCUT2D eigenvalue weighted by molar-refractivity contribution is -0.145. The number of benzene rings is 2. The van der Waals surface area contributed by atoms with Crippen molar-refractivity contribution < 1.29 is 13.9 Å². The molecule has 1 aromatic heterocycles. The Balaban J connectivity index is 2.04. The number of nitrogens with two attached hydrogens (primary N) is 1. The van der Waals surface area contributed by atoms with Crippen LogP contribution in [0.1, 0.15) is 31.2 Å². The summed E-state index contributed by atoms with van der Waals surface area (Å²) in [5, 5.41) is 5.18. The first-order valence-corrected chi connectivity index (χ1v) is 7.61. The van der Waals surface area contributed by atoms with Crippen molar-refractivity contribution in [2.75, 3.05) is 5.73 Å². The van der Waals surface area contributed by atoms with E-state index in [0.29, 0.717) is 23.3 Å². The molecule has 2 aromatic carbocycles. The highest BCUT2D eigenvalue weighted by atomic mass is 19.1. The molecular formula is C18H18FN3O2. The summed E-state index contributed by atoms with van der Waals surface area (Å²) in [6, 6.07) is 12.0. The second-order valence-electron chi connectivity index (χ2n) is 5.70. The Morgan fingerprint density at radius 1 is 1.29 bits per heavy atom. The first-order chi connectivity index (χ1) is 11.4. The van der Waals surface area contributed by atoms with Gasteiger partial charge in [0.2, 0.25) is 0 Å². The summed E-state index contributed by atoms with van der Waals surface area (Å²) in [5.41, 5.74) is 8.73. The van der Waals surface area contributed by atoms with Gasteiger partial charge in [0.15, 0.2) is 0 Å². The van der Waals surface area contributed by atoms with E-state index in [4.69, 9.17) is 10.5 Å². The molecule has 1 atom stereocenters. The quantitative estimate of drug-likeness (QED) is 0.589. The second kappa shape index (κ2) is 6.31. The number of aromatic nitrogens is 2. The maximum absolute atomic E-state index is 13.7. The van der Waals surface area contributed by atoms with Crippen molar-refractivity contribution >= 4 is 22.6 Å². The zero-order valence-corrected chi connectivity index (χ0v) is 13.5. The maximum Gasteiger partial charge on any atom is 0.303 e. The minimum atomic E-state index is -0.556. The number of anilines is 1. The van der Waals surface area contributed by atoms with Gasteiger partial charge in [-0.15, -0.1) is 0 Å². The zero-order valence-electron chi connectivity index (χ0n) is 13.5. The summed E-state index contributed by atoms with van der Waals surface area (Å²) in [5.74, 6) is -0.758. The molecule has 0 aliphatic carbocycles. The molecule has 0 bridgehead atoms. The smallest absolute Gasteiger partial charge is 0.303 e. The minimum Gasteiger partial charge on any atom is -0.456 e. The average Bonchev–Trinajstić information content (AvgIpc) is 2.87. The van der Waals surface area contributed by atoms with Crippen LogP contribution in [0.2, 0.25) is 0 Å². The van der Waals surface area contributed by atoms with Crippen LogP contribution in [0.15, 0.2) is 42.5 Å². The van der Waals surface area contributed by atoms with Crippen molar-refractivity contribution in [3.8, 4) is 0 Å². The lowest BCUT2D eigenvalue weighted by Crippen LogP contribution is -2.07. The van der Waals surface area contributed by atoms with E-state index < -0.39 is 12.1 Å². The van der Waals surface area contributed by atoms with Gasteiger partial charge in [-0.1, -0.05) is 12.1 Å². The van der Waals surface area contributed by atoms with Gasteiger partial charge >= 0.3 is 5.97 Å². The molecule has 0 spiro atoms. The van der Waals surface area contributed by atoms with Gasteiger partial charge in [0.1, 0.15) is 17.6 Å². The summed E-state index contributed by atoms with van der Waals surface area (Å²) in [6.45, 7) is 3.57. The molecule has 0 radical (unpaired) electrons. The number of nitrogen functional groups attached to an aromatic ring is 1. The maximum atomic E-state index is 13.7. The number of hydrogen-bond donors (Lipinski definition) is 1. The molecule has 1 unspecified atom stereocenters. The van der Waals surface area contributed by atoms with E-state index >= 15 is 0 Å². The molecule has 0 amide bonds. The minimum absolute atomic E-state index is 0.356. The number of esters is 1. The van der Waals surface area contributed by atoms with Crippen LogP contribution in [0.4, 0.5) is 10.1 Å². The third-order valence-corrected chi connectivity index (χ3v) is 3.78. The number of hydrogen-bond acceptors (Lipinski definition) is 4. The van der Waals surface area contributed by atoms with Crippen molar-refractivity contribution in [2.24, 2.45) is 0 Å². The molecule has 124 valence electrons. The Hall–Kier alpha value is -2.89. The first-order valence-electron chi connectivity index (χ1n) is 7.61. The summed E-state index contributed by atoms with van der Waals surface area (Å²) in [6.07, 6.45) is -0.556. The summed E-state index contributed by atoms with van der Waals surface area (Å²) >= 11 is 0. The normalized spacial score (nSPS) is 12.3. The fourth-order valence-electron chi connectivity index (χ4n) is 2.70. The Labute approximate surface area is 138 Å².